The molecular formula is C24H27NO4. The highest BCUT2D eigenvalue weighted by atomic mass is 16.5. The average Bonchev–Trinajstić information content (AvgIpc) is 3.12. The Hall–Kier alpha value is -3.08. The second-order valence-electron chi connectivity index (χ2n) is 7.04. The van der Waals surface area contributed by atoms with E-state index in [1.54, 1.807) is 0 Å². The lowest BCUT2D eigenvalue weighted by Crippen LogP contribution is -2.30. The fourth-order valence-electron chi connectivity index (χ4n) is 4.05. The van der Waals surface area contributed by atoms with Gasteiger partial charge < -0.3 is 14.4 Å². The largest absolute Gasteiger partial charge is 0.466 e. The molecule has 0 saturated heterocycles. The summed E-state index contributed by atoms with van der Waals surface area (Å²) in [7, 11) is 2.69. The zero-order valence-electron chi connectivity index (χ0n) is 17.1. The lowest BCUT2D eigenvalue weighted by atomic mass is 9.83. The van der Waals surface area contributed by atoms with Gasteiger partial charge in [-0.25, -0.2) is 9.59 Å². The molecule has 152 valence electrons. The maximum absolute atomic E-state index is 12.9. The molecule has 1 aliphatic rings. The lowest BCUT2D eigenvalue weighted by molar-refractivity contribution is -0.140. The van der Waals surface area contributed by atoms with E-state index in [1.807, 2.05) is 65.6 Å². The molecule has 29 heavy (non-hydrogen) atoms. The first-order valence-electron chi connectivity index (χ1n) is 9.91. The molecule has 1 heterocycles. The Labute approximate surface area is 171 Å². The van der Waals surface area contributed by atoms with Crippen molar-refractivity contribution in [1.82, 2.24) is 4.90 Å². The molecular weight excluding hydrogens is 366 g/mol. The number of rotatable bonds is 7. The number of methoxy groups -OCH3 is 2. The van der Waals surface area contributed by atoms with E-state index in [1.165, 1.54) is 14.2 Å². The van der Waals surface area contributed by atoms with Crippen LogP contribution in [0.4, 0.5) is 0 Å². The fraction of sp³-hybridized carbons (Fsp3) is 0.333. The summed E-state index contributed by atoms with van der Waals surface area (Å²) in [6, 6.07) is 19.6. The molecule has 0 fully saturated rings. The number of carbonyl (C=O) groups excluding carboxylic acids is 2. The van der Waals surface area contributed by atoms with Gasteiger partial charge >= 0.3 is 11.9 Å². The Morgan fingerprint density at radius 1 is 0.862 bits per heavy atom. The van der Waals surface area contributed by atoms with E-state index < -0.39 is 11.9 Å². The van der Waals surface area contributed by atoms with Crippen molar-refractivity contribution in [1.29, 1.82) is 0 Å². The number of unbranched alkanes of at least 4 members (excludes halogenated alkanes) is 1. The van der Waals surface area contributed by atoms with E-state index in [2.05, 4.69) is 6.92 Å². The molecule has 5 nitrogen and oxygen atoms in total. The second-order valence-corrected chi connectivity index (χ2v) is 7.04. The van der Waals surface area contributed by atoms with E-state index in [-0.39, 0.29) is 12.0 Å². The predicted molar refractivity (Wildman–Crippen MR) is 111 cm³/mol. The molecule has 0 aliphatic carbocycles. The van der Waals surface area contributed by atoms with Crippen molar-refractivity contribution in [3.8, 4) is 0 Å². The average molecular weight is 393 g/mol. The van der Waals surface area contributed by atoms with Crippen LogP contribution in [0.1, 0.15) is 42.9 Å². The van der Waals surface area contributed by atoms with Crippen LogP contribution >= 0.6 is 0 Å². The molecule has 0 unspecified atom stereocenters. The van der Waals surface area contributed by atoms with Crippen LogP contribution in [0, 0.1) is 0 Å². The normalized spacial score (nSPS) is 18.7. The molecule has 0 saturated carbocycles. The Morgan fingerprint density at radius 3 is 1.93 bits per heavy atom. The first-order chi connectivity index (χ1) is 14.1. The molecule has 0 amide bonds. The molecule has 5 heteroatoms. The van der Waals surface area contributed by atoms with Crippen molar-refractivity contribution in [3.05, 3.63) is 83.1 Å². The standard InChI is InChI=1S/C24H27NO4/c1-4-5-16-25-21(18-14-10-7-11-15-18)19(17-12-8-6-9-13-17)20(23(26)28-2)22(25)24(27)29-3/h6-15,19,21H,4-5,16H2,1-3H3/t19-,21+/m0/s1. The molecule has 0 radical (unpaired) electrons. The van der Waals surface area contributed by atoms with Crippen LogP contribution in [0.15, 0.2) is 71.9 Å². The van der Waals surface area contributed by atoms with Crippen molar-refractivity contribution < 1.29 is 19.1 Å². The maximum atomic E-state index is 12.9. The first-order valence-corrected chi connectivity index (χ1v) is 9.91. The second kappa shape index (κ2) is 9.41. The highest BCUT2D eigenvalue weighted by molar-refractivity contribution is 6.02. The third-order valence-corrected chi connectivity index (χ3v) is 5.34. The van der Waals surface area contributed by atoms with Crippen LogP contribution in [0.5, 0.6) is 0 Å². The zero-order chi connectivity index (χ0) is 20.8. The van der Waals surface area contributed by atoms with Gasteiger partial charge in [0.2, 0.25) is 0 Å². The Bertz CT molecular complexity index is 876. The summed E-state index contributed by atoms with van der Waals surface area (Å²) >= 11 is 0. The van der Waals surface area contributed by atoms with Gasteiger partial charge in [0.1, 0.15) is 5.70 Å². The highest BCUT2D eigenvalue weighted by Crippen LogP contribution is 2.50. The van der Waals surface area contributed by atoms with Crippen LogP contribution < -0.4 is 0 Å². The van der Waals surface area contributed by atoms with Crippen LogP contribution in [0.2, 0.25) is 0 Å². The summed E-state index contributed by atoms with van der Waals surface area (Å²) in [6.45, 7) is 2.75. The van der Waals surface area contributed by atoms with Crippen LogP contribution in [0.25, 0.3) is 0 Å². The fourth-order valence-corrected chi connectivity index (χ4v) is 4.05. The summed E-state index contributed by atoms with van der Waals surface area (Å²) in [6.07, 6.45) is 1.86. The Morgan fingerprint density at radius 2 is 1.41 bits per heavy atom. The summed E-state index contributed by atoms with van der Waals surface area (Å²) in [5.74, 6) is -1.35. The van der Waals surface area contributed by atoms with Crippen molar-refractivity contribution >= 4 is 11.9 Å². The predicted octanol–water partition coefficient (Wildman–Crippen LogP) is 4.23. The zero-order valence-corrected chi connectivity index (χ0v) is 17.1. The van der Waals surface area contributed by atoms with Gasteiger partial charge in [-0.2, -0.15) is 0 Å². The van der Waals surface area contributed by atoms with Gasteiger partial charge in [-0.15, -0.1) is 0 Å². The summed E-state index contributed by atoms with van der Waals surface area (Å²) in [5, 5.41) is 0. The molecule has 3 rings (SSSR count). The SMILES string of the molecule is CCCCN1C(C(=O)OC)=C(C(=O)OC)[C@H](c2ccccc2)[C@H]1c1ccccc1. The number of nitrogens with zero attached hydrogens (tertiary/aromatic N) is 1. The third-order valence-electron chi connectivity index (χ3n) is 5.34. The molecule has 0 aromatic heterocycles. The Kier molecular flexibility index (Phi) is 6.70. The van der Waals surface area contributed by atoms with E-state index in [9.17, 15) is 9.59 Å². The number of hydrogen-bond acceptors (Lipinski definition) is 5. The topological polar surface area (TPSA) is 55.8 Å². The van der Waals surface area contributed by atoms with Gasteiger partial charge in [0, 0.05) is 12.5 Å². The number of esters is 2. The van der Waals surface area contributed by atoms with Crippen LogP contribution in [0.3, 0.4) is 0 Å². The highest BCUT2D eigenvalue weighted by Gasteiger charge is 2.47. The van der Waals surface area contributed by atoms with E-state index in [4.69, 9.17) is 9.47 Å². The molecule has 0 spiro atoms. The molecule has 2 aromatic carbocycles. The summed E-state index contributed by atoms with van der Waals surface area (Å²) in [5.41, 5.74) is 2.66. The minimum absolute atomic E-state index is 0.201. The van der Waals surface area contributed by atoms with Gasteiger partial charge in [0.25, 0.3) is 0 Å². The molecule has 2 aromatic rings. The first kappa shape index (κ1) is 20.6. The molecule has 0 bridgehead atoms. The number of ether oxygens (including phenoxy) is 2. The van der Waals surface area contributed by atoms with E-state index in [0.29, 0.717) is 17.8 Å². The lowest BCUT2D eigenvalue weighted by Gasteiger charge is -2.32. The van der Waals surface area contributed by atoms with Crippen molar-refractivity contribution in [2.45, 2.75) is 31.7 Å². The van der Waals surface area contributed by atoms with E-state index >= 15 is 0 Å². The van der Waals surface area contributed by atoms with Gasteiger partial charge in [-0.1, -0.05) is 74.0 Å². The van der Waals surface area contributed by atoms with Crippen LogP contribution in [-0.4, -0.2) is 37.6 Å². The van der Waals surface area contributed by atoms with Gasteiger partial charge in [0.15, 0.2) is 0 Å². The molecule has 1 aliphatic heterocycles. The van der Waals surface area contributed by atoms with Gasteiger partial charge in [-0.05, 0) is 17.5 Å². The third kappa shape index (κ3) is 4.04. The van der Waals surface area contributed by atoms with Crippen molar-refractivity contribution in [2.75, 3.05) is 20.8 Å². The van der Waals surface area contributed by atoms with Gasteiger partial charge in [-0.3, -0.25) is 0 Å². The number of carbonyl (C=O) groups is 2. The molecule has 2 atom stereocenters. The van der Waals surface area contributed by atoms with E-state index in [0.717, 1.165) is 24.0 Å². The maximum Gasteiger partial charge on any atom is 0.354 e. The number of benzene rings is 2. The van der Waals surface area contributed by atoms with Crippen molar-refractivity contribution in [3.63, 3.8) is 0 Å². The smallest absolute Gasteiger partial charge is 0.354 e. The van der Waals surface area contributed by atoms with Crippen LogP contribution in [-0.2, 0) is 19.1 Å². The summed E-state index contributed by atoms with van der Waals surface area (Å²) in [4.78, 5) is 27.8. The quantitative estimate of drug-likeness (QED) is 0.659. The van der Waals surface area contributed by atoms with Gasteiger partial charge in [0.05, 0.1) is 25.8 Å². The Balaban J connectivity index is 2.26. The minimum atomic E-state index is -0.513. The minimum Gasteiger partial charge on any atom is -0.466 e. The molecule has 0 N–H and O–H groups in total. The van der Waals surface area contributed by atoms with Crippen molar-refractivity contribution in [2.24, 2.45) is 0 Å². The monoisotopic (exact) mass is 393 g/mol. The summed E-state index contributed by atoms with van der Waals surface area (Å²) < 4.78 is 10.2. The number of hydrogen-bond donors (Lipinski definition) is 0.